The Labute approximate surface area is 502 Å². The van der Waals surface area contributed by atoms with Gasteiger partial charge in [0.05, 0.1) is 101 Å². The number of nitriles is 1. The fraction of sp³-hybridized carbons (Fsp3) is 0. The predicted molar refractivity (Wildman–Crippen MR) is 363 cm³/mol. The smallest absolute Gasteiger partial charge is 0.237 e. The van der Waals surface area contributed by atoms with E-state index < -0.39 is 0 Å². The van der Waals surface area contributed by atoms with Crippen LogP contribution < -0.4 is 0 Å². The highest BCUT2D eigenvalue weighted by molar-refractivity contribution is 6.31. The first kappa shape index (κ1) is 48.1. The largest absolute Gasteiger partial charge is 0.317 e. The van der Waals surface area contributed by atoms with Gasteiger partial charge in [-0.05, 0) is 97.1 Å². The lowest BCUT2D eigenvalue weighted by atomic mass is 10.0. The molecule has 0 amide bonds. The molecule has 0 spiro atoms. The summed E-state index contributed by atoms with van der Waals surface area (Å²) in [6.45, 7) is 10.1. The van der Waals surface area contributed by atoms with Crippen molar-refractivity contribution in [1.82, 2.24) is 27.4 Å². The molecule has 0 saturated carbocycles. The van der Waals surface area contributed by atoms with Crippen molar-refractivity contribution in [2.24, 2.45) is 0 Å². The first-order chi connectivity index (χ1) is 43.7. The van der Waals surface area contributed by atoms with E-state index in [0.717, 1.165) is 142 Å². The molecule has 406 valence electrons. The molecule has 0 saturated heterocycles. The minimum Gasteiger partial charge on any atom is -0.317 e. The van der Waals surface area contributed by atoms with Crippen molar-refractivity contribution in [1.29, 1.82) is 5.26 Å². The van der Waals surface area contributed by atoms with Crippen LogP contribution >= 0.6 is 0 Å². The fourth-order valence-electron chi connectivity index (χ4n) is 15.3. The third-order valence-corrected chi connectivity index (χ3v) is 18.6. The second kappa shape index (κ2) is 18.1. The molecule has 0 fully saturated rings. The quantitative estimate of drug-likeness (QED) is 0.153. The number of nitrogens with zero attached hydrogens (tertiary/aromatic N) is 8. The van der Waals surface area contributed by atoms with Gasteiger partial charge in [0.1, 0.15) is 6.07 Å². The van der Waals surface area contributed by atoms with Crippen LogP contribution in [0, 0.1) is 17.9 Å². The van der Waals surface area contributed by atoms with Crippen molar-refractivity contribution in [3.8, 4) is 40.2 Å². The van der Waals surface area contributed by atoms with Crippen molar-refractivity contribution >= 4 is 137 Å². The van der Waals surface area contributed by atoms with Crippen LogP contribution in [0.3, 0.4) is 0 Å². The topological polar surface area (TPSA) is 57.7 Å². The van der Waals surface area contributed by atoms with E-state index in [9.17, 15) is 11.8 Å². The molecule has 0 bridgehead atoms. The molecule has 0 N–H and O–H groups in total. The minimum atomic E-state index is 0.338. The van der Waals surface area contributed by atoms with E-state index in [1.165, 1.54) is 0 Å². The lowest BCUT2D eigenvalue weighted by molar-refractivity contribution is 1.03. The summed E-state index contributed by atoms with van der Waals surface area (Å²) in [6, 6.07) is 102. The zero-order valence-electron chi connectivity index (χ0n) is 47.1. The Balaban J connectivity index is 1.08. The summed E-state index contributed by atoms with van der Waals surface area (Å²) in [6.07, 6.45) is 0. The van der Waals surface area contributed by atoms with Crippen LogP contribution in [-0.4, -0.2) is 27.4 Å². The highest BCUT2D eigenvalue weighted by atomic mass is 15.1. The van der Waals surface area contributed by atoms with Crippen molar-refractivity contribution in [2.45, 2.75) is 0 Å². The Hall–Kier alpha value is -12.4. The molecule has 19 aromatic rings. The Bertz CT molecular complexity index is 6060. The Morgan fingerprint density at radius 1 is 0.239 bits per heavy atom. The highest BCUT2D eigenvalue weighted by Crippen LogP contribution is 2.54. The molecular weight excluding hydrogens is 1070 g/mol. The van der Waals surface area contributed by atoms with Crippen molar-refractivity contribution in [3.05, 3.63) is 296 Å². The Morgan fingerprint density at radius 2 is 0.489 bits per heavy atom. The van der Waals surface area contributed by atoms with E-state index in [1.54, 1.807) is 0 Å². The van der Waals surface area contributed by atoms with Crippen LogP contribution in [0.4, 0.5) is 5.69 Å². The molecule has 0 aliphatic carbocycles. The average Bonchev–Trinajstić information content (AvgIpc) is 1.55. The number of fused-ring (bicyclic) bond motifs is 20. The molecule has 0 aliphatic heterocycles. The SMILES string of the molecule is [C-]#[N+]c1c(-n2c3ccccc3c3ccccc32)c(-n2c3ccccc3c3c4c5ccccc5n(-c5ccccc5)c4ccc32)c(-n2c3ccccc3c3ccccc32)c(C#N)c1-n1c2ccccc2c2c3c4ccccc4n(-c4ccccc4)c3ccc21. The lowest BCUT2D eigenvalue weighted by Crippen LogP contribution is -2.14. The monoisotopic (exact) mass is 1120 g/mol. The van der Waals surface area contributed by atoms with E-state index >= 15 is 0 Å². The van der Waals surface area contributed by atoms with E-state index in [-0.39, 0.29) is 0 Å². The molecule has 6 heterocycles. The van der Waals surface area contributed by atoms with Crippen LogP contribution in [-0.2, 0) is 0 Å². The second-order valence-corrected chi connectivity index (χ2v) is 22.9. The molecule has 0 atom stereocenters. The summed E-state index contributed by atoms with van der Waals surface area (Å²) >= 11 is 0. The molecule has 88 heavy (non-hydrogen) atoms. The first-order valence-corrected chi connectivity index (χ1v) is 29.7. The minimum absolute atomic E-state index is 0.338. The van der Waals surface area contributed by atoms with Gasteiger partial charge in [0.2, 0.25) is 5.69 Å². The average molecular weight is 1120 g/mol. The third-order valence-electron chi connectivity index (χ3n) is 18.6. The molecule has 6 aromatic heterocycles. The van der Waals surface area contributed by atoms with E-state index in [0.29, 0.717) is 34.0 Å². The number of hydrogen-bond donors (Lipinski definition) is 0. The van der Waals surface area contributed by atoms with Crippen LogP contribution in [0.15, 0.2) is 279 Å². The second-order valence-electron chi connectivity index (χ2n) is 22.9. The molecule has 8 nitrogen and oxygen atoms in total. The van der Waals surface area contributed by atoms with Crippen LogP contribution in [0.1, 0.15) is 5.56 Å². The Kier molecular flexibility index (Phi) is 9.87. The number of para-hydroxylation sites is 10. The summed E-state index contributed by atoms with van der Waals surface area (Å²) in [5.41, 5.74) is 17.1. The molecule has 19 rings (SSSR count). The molecule has 8 heteroatoms. The summed E-state index contributed by atoms with van der Waals surface area (Å²) in [4.78, 5) is 4.91. The summed E-state index contributed by atoms with van der Waals surface area (Å²) in [5.74, 6) is 0. The fourth-order valence-corrected chi connectivity index (χ4v) is 15.3. The van der Waals surface area contributed by atoms with Crippen LogP contribution in [0.2, 0.25) is 0 Å². The van der Waals surface area contributed by atoms with E-state index in [2.05, 4.69) is 313 Å². The van der Waals surface area contributed by atoms with Gasteiger partial charge in [0.15, 0.2) is 0 Å². The summed E-state index contributed by atoms with van der Waals surface area (Å²) in [5, 5.41) is 25.8. The van der Waals surface area contributed by atoms with Gasteiger partial charge in [-0.2, -0.15) is 5.26 Å². The lowest BCUT2D eigenvalue weighted by Gasteiger charge is -2.27. The van der Waals surface area contributed by atoms with Gasteiger partial charge < -0.3 is 27.4 Å². The van der Waals surface area contributed by atoms with Gasteiger partial charge in [-0.1, -0.05) is 182 Å². The van der Waals surface area contributed by atoms with Crippen molar-refractivity contribution < 1.29 is 0 Å². The van der Waals surface area contributed by atoms with Gasteiger partial charge >= 0.3 is 0 Å². The van der Waals surface area contributed by atoms with Crippen LogP contribution in [0.5, 0.6) is 0 Å². The summed E-state index contributed by atoms with van der Waals surface area (Å²) in [7, 11) is 0. The van der Waals surface area contributed by atoms with E-state index in [1.807, 2.05) is 0 Å². The van der Waals surface area contributed by atoms with Gasteiger partial charge in [-0.25, -0.2) is 4.85 Å². The Morgan fingerprint density at radius 3 is 0.818 bits per heavy atom. The van der Waals surface area contributed by atoms with E-state index in [4.69, 9.17) is 4.85 Å². The maximum atomic E-state index is 12.9. The molecule has 0 unspecified atom stereocenters. The van der Waals surface area contributed by atoms with Crippen LogP contribution in [0.25, 0.3) is 170 Å². The maximum absolute atomic E-state index is 12.9. The maximum Gasteiger partial charge on any atom is 0.237 e. The zero-order valence-corrected chi connectivity index (χ0v) is 47.1. The number of benzene rings is 13. The third kappa shape index (κ3) is 6.24. The molecule has 0 aliphatic rings. The highest BCUT2D eigenvalue weighted by Gasteiger charge is 2.35. The standard InChI is InChI=1S/C80H46N8/c1-82-76-77(87-66-42-22-14-34-57(66)74-70(87)46-44-68-72(74)55-32-12-20-40-64(55)83(68)49-24-4-2-5-25-49)59(48-81)78(85-60-36-16-8-28-51(60)52-29-9-17-37-61(52)85)80(79(76)86-62-38-18-10-30-53(62)54-31-11-19-39-63(54)86)88-67-43-23-15-35-58(67)75-71(88)47-45-69-73(75)56-33-13-21-41-65(56)84(69)50-26-6-3-7-27-50/h2-47H. The normalized spacial score (nSPS) is 12.1. The van der Waals surface area contributed by atoms with Gasteiger partial charge in [-0.3, -0.25) is 0 Å². The number of aromatic nitrogens is 6. The molecule has 13 aromatic carbocycles. The van der Waals surface area contributed by atoms with Gasteiger partial charge in [0.25, 0.3) is 0 Å². The number of rotatable bonds is 6. The van der Waals surface area contributed by atoms with Gasteiger partial charge in [0, 0.05) is 76.0 Å². The van der Waals surface area contributed by atoms with Crippen molar-refractivity contribution in [3.63, 3.8) is 0 Å². The first-order valence-electron chi connectivity index (χ1n) is 29.7. The molecule has 0 radical (unpaired) electrons. The van der Waals surface area contributed by atoms with Crippen molar-refractivity contribution in [2.75, 3.05) is 0 Å². The van der Waals surface area contributed by atoms with Gasteiger partial charge in [-0.15, -0.1) is 0 Å². The zero-order chi connectivity index (χ0) is 57.9. The predicted octanol–water partition coefficient (Wildman–Crippen LogP) is 20.7. The molecular formula is C80H46N8. The summed E-state index contributed by atoms with van der Waals surface area (Å²) < 4.78 is 14.0. The number of hydrogen-bond acceptors (Lipinski definition) is 1.